The molecule has 1 aromatic heterocycles. The third kappa shape index (κ3) is 5.64. The van der Waals surface area contributed by atoms with Crippen LogP contribution >= 0.6 is 23.2 Å². The Balaban J connectivity index is 1.29. The molecule has 4 heteroatoms. The normalized spacial score (nSPS) is 13.8. The molecular formula is C26H24Cl2N2. The minimum Gasteiger partial charge on any atom is -0.299 e. The second-order valence-electron chi connectivity index (χ2n) is 7.66. The van der Waals surface area contributed by atoms with E-state index in [1.807, 2.05) is 30.5 Å². The van der Waals surface area contributed by atoms with Crippen LogP contribution < -0.4 is 0 Å². The van der Waals surface area contributed by atoms with Crippen LogP contribution in [-0.4, -0.2) is 23.0 Å². The molecule has 152 valence electrons. The van der Waals surface area contributed by atoms with E-state index in [0.29, 0.717) is 10.0 Å². The van der Waals surface area contributed by atoms with Gasteiger partial charge in [0.05, 0.1) is 10.0 Å². The monoisotopic (exact) mass is 434 g/mol. The molecule has 0 N–H and O–H groups in total. The van der Waals surface area contributed by atoms with Crippen molar-refractivity contribution in [1.29, 1.82) is 0 Å². The topological polar surface area (TPSA) is 16.1 Å². The van der Waals surface area contributed by atoms with Crippen LogP contribution in [-0.2, 0) is 13.0 Å². The fraction of sp³-hybridized carbons (Fsp3) is 0.269. The van der Waals surface area contributed by atoms with Crippen molar-refractivity contribution in [1.82, 2.24) is 9.88 Å². The van der Waals surface area contributed by atoms with Crippen molar-refractivity contribution in [3.05, 3.63) is 87.7 Å². The second kappa shape index (κ2) is 10.1. The molecule has 1 aliphatic heterocycles. The van der Waals surface area contributed by atoms with Gasteiger partial charge in [-0.1, -0.05) is 65.5 Å². The van der Waals surface area contributed by atoms with Gasteiger partial charge >= 0.3 is 0 Å². The maximum absolute atomic E-state index is 6.10. The molecule has 0 aliphatic carbocycles. The predicted octanol–water partition coefficient (Wildman–Crippen LogP) is 6.64. The molecule has 1 fully saturated rings. The zero-order chi connectivity index (χ0) is 20.8. The largest absolute Gasteiger partial charge is 0.299 e. The van der Waals surface area contributed by atoms with Gasteiger partial charge in [0.15, 0.2) is 0 Å². The van der Waals surface area contributed by atoms with E-state index in [0.717, 1.165) is 36.2 Å². The Bertz CT molecular complexity index is 1040. The van der Waals surface area contributed by atoms with Crippen molar-refractivity contribution in [2.45, 2.75) is 32.2 Å². The molecule has 0 atom stereocenters. The number of hydrogen-bond donors (Lipinski definition) is 0. The summed E-state index contributed by atoms with van der Waals surface area (Å²) in [4.78, 5) is 6.99. The van der Waals surface area contributed by atoms with Crippen LogP contribution in [0.4, 0.5) is 0 Å². The molecule has 0 amide bonds. The van der Waals surface area contributed by atoms with Crippen molar-refractivity contribution in [3.63, 3.8) is 0 Å². The van der Waals surface area contributed by atoms with Crippen molar-refractivity contribution in [2.75, 3.05) is 13.1 Å². The van der Waals surface area contributed by atoms with Crippen molar-refractivity contribution in [3.8, 4) is 23.0 Å². The molecule has 0 spiro atoms. The highest BCUT2D eigenvalue weighted by Crippen LogP contribution is 2.28. The van der Waals surface area contributed by atoms with E-state index >= 15 is 0 Å². The first-order valence-corrected chi connectivity index (χ1v) is 11.1. The number of hydrogen-bond acceptors (Lipinski definition) is 2. The van der Waals surface area contributed by atoms with Gasteiger partial charge in [0.1, 0.15) is 5.69 Å². The average Bonchev–Trinajstić information content (AvgIpc) is 3.28. The van der Waals surface area contributed by atoms with Crippen molar-refractivity contribution in [2.24, 2.45) is 0 Å². The third-order valence-electron chi connectivity index (χ3n) is 5.40. The summed E-state index contributed by atoms with van der Waals surface area (Å²) < 4.78 is 0. The minimum atomic E-state index is 0.544. The molecule has 4 rings (SSSR count). The molecule has 1 saturated heterocycles. The van der Waals surface area contributed by atoms with Gasteiger partial charge in [0.25, 0.3) is 0 Å². The van der Waals surface area contributed by atoms with Gasteiger partial charge in [-0.3, -0.25) is 4.90 Å². The van der Waals surface area contributed by atoms with Crippen molar-refractivity contribution >= 4 is 23.2 Å². The first-order valence-electron chi connectivity index (χ1n) is 10.4. The van der Waals surface area contributed by atoms with Crippen LogP contribution in [0.5, 0.6) is 0 Å². The molecular weight excluding hydrogens is 411 g/mol. The highest BCUT2D eigenvalue weighted by molar-refractivity contribution is 6.42. The standard InChI is InChI=1S/C26H24Cl2N2/c27-25-14-12-22(17-26(25)28)23-11-13-24(29-18-23)6-2-1-5-20-7-9-21(10-8-20)19-30-15-3-4-16-30/h7-14,17-18H,1,3-5,15-16,19H2. The van der Waals surface area contributed by atoms with Crippen LogP contribution in [0.15, 0.2) is 60.8 Å². The molecule has 30 heavy (non-hydrogen) atoms. The molecule has 3 aromatic rings. The number of nitrogens with zero attached hydrogens (tertiary/aromatic N) is 2. The lowest BCUT2D eigenvalue weighted by atomic mass is 10.1. The van der Waals surface area contributed by atoms with Crippen LogP contribution in [0.2, 0.25) is 10.0 Å². The predicted molar refractivity (Wildman–Crippen MR) is 126 cm³/mol. The molecule has 2 nitrogen and oxygen atoms in total. The number of rotatable bonds is 5. The smallest absolute Gasteiger partial charge is 0.113 e. The molecule has 2 aromatic carbocycles. The maximum atomic E-state index is 6.10. The van der Waals surface area contributed by atoms with Crippen molar-refractivity contribution < 1.29 is 0 Å². The zero-order valence-corrected chi connectivity index (χ0v) is 18.4. The lowest BCUT2D eigenvalue weighted by Gasteiger charge is -2.14. The summed E-state index contributed by atoms with van der Waals surface area (Å²) in [5.74, 6) is 6.40. The number of likely N-dealkylation sites (tertiary alicyclic amines) is 1. The van der Waals surface area contributed by atoms with Gasteiger partial charge in [-0.2, -0.15) is 0 Å². The molecule has 1 aliphatic rings. The van der Waals surface area contributed by atoms with Crippen LogP contribution in [0.25, 0.3) is 11.1 Å². The Kier molecular flexibility index (Phi) is 7.07. The number of pyridine rings is 1. The lowest BCUT2D eigenvalue weighted by Crippen LogP contribution is -2.18. The third-order valence-corrected chi connectivity index (χ3v) is 6.14. The van der Waals surface area contributed by atoms with E-state index in [4.69, 9.17) is 23.2 Å². The summed E-state index contributed by atoms with van der Waals surface area (Å²) in [6.07, 6.45) is 6.27. The SMILES string of the molecule is Clc1ccc(-c2ccc(C#CCCc3ccc(CN4CCCC4)cc3)nc2)cc1Cl. The van der Waals surface area contributed by atoms with E-state index < -0.39 is 0 Å². The first kappa shape index (κ1) is 20.9. The summed E-state index contributed by atoms with van der Waals surface area (Å²) in [5.41, 5.74) is 5.49. The van der Waals surface area contributed by atoms with Crippen LogP contribution in [0.3, 0.4) is 0 Å². The Morgan fingerprint density at radius 2 is 1.57 bits per heavy atom. The molecule has 0 radical (unpaired) electrons. The van der Waals surface area contributed by atoms with Gasteiger partial charge in [0, 0.05) is 24.7 Å². The van der Waals surface area contributed by atoms with Gasteiger partial charge < -0.3 is 0 Å². The zero-order valence-electron chi connectivity index (χ0n) is 16.9. The van der Waals surface area contributed by atoms with Crippen LogP contribution in [0, 0.1) is 11.8 Å². The number of halogens is 2. The van der Waals surface area contributed by atoms with E-state index in [-0.39, 0.29) is 0 Å². The maximum Gasteiger partial charge on any atom is 0.113 e. The van der Waals surface area contributed by atoms with Gasteiger partial charge in [-0.25, -0.2) is 4.98 Å². The van der Waals surface area contributed by atoms with Crippen LogP contribution in [0.1, 0.15) is 36.1 Å². The summed E-state index contributed by atoms with van der Waals surface area (Å²) in [6, 6.07) is 18.5. The second-order valence-corrected chi connectivity index (χ2v) is 8.48. The van der Waals surface area contributed by atoms with Gasteiger partial charge in [-0.05, 0) is 73.2 Å². The minimum absolute atomic E-state index is 0.544. The summed E-state index contributed by atoms with van der Waals surface area (Å²) in [5, 5.41) is 1.10. The fourth-order valence-electron chi connectivity index (χ4n) is 3.68. The summed E-state index contributed by atoms with van der Waals surface area (Å²) in [7, 11) is 0. The Morgan fingerprint density at radius 3 is 2.27 bits per heavy atom. The molecule has 0 saturated carbocycles. The average molecular weight is 435 g/mol. The molecule has 0 unspecified atom stereocenters. The number of aromatic nitrogens is 1. The highest BCUT2D eigenvalue weighted by Gasteiger charge is 2.11. The quantitative estimate of drug-likeness (QED) is 0.418. The number of benzene rings is 2. The van der Waals surface area contributed by atoms with E-state index in [9.17, 15) is 0 Å². The lowest BCUT2D eigenvalue weighted by molar-refractivity contribution is 0.331. The molecule has 0 bridgehead atoms. The Labute approximate surface area is 188 Å². The highest BCUT2D eigenvalue weighted by atomic mass is 35.5. The summed E-state index contributed by atoms with van der Waals surface area (Å²) in [6.45, 7) is 3.55. The van der Waals surface area contributed by atoms with E-state index in [1.54, 1.807) is 6.07 Å². The fourth-order valence-corrected chi connectivity index (χ4v) is 3.98. The summed E-state index contributed by atoms with van der Waals surface area (Å²) >= 11 is 12.1. The van der Waals surface area contributed by atoms with Gasteiger partial charge in [0.2, 0.25) is 0 Å². The molecule has 2 heterocycles. The number of aryl methyl sites for hydroxylation is 1. The first-order chi connectivity index (χ1) is 14.7. The van der Waals surface area contributed by atoms with Gasteiger partial charge in [-0.15, -0.1) is 0 Å². The van der Waals surface area contributed by atoms with E-state index in [2.05, 4.69) is 46.0 Å². The Hall–Kier alpha value is -2.31. The Morgan fingerprint density at radius 1 is 0.833 bits per heavy atom. The van der Waals surface area contributed by atoms with E-state index in [1.165, 1.54) is 37.1 Å².